The predicted octanol–water partition coefficient (Wildman–Crippen LogP) is 1.60. The summed E-state index contributed by atoms with van der Waals surface area (Å²) in [7, 11) is 0. The van der Waals surface area contributed by atoms with Crippen LogP contribution in [0.4, 0.5) is 5.69 Å². The molecule has 1 aromatic carbocycles. The van der Waals surface area contributed by atoms with Gasteiger partial charge < -0.3 is 15.3 Å². The Hall–Kier alpha value is -2.08. The van der Waals surface area contributed by atoms with Crippen molar-refractivity contribution in [3.63, 3.8) is 0 Å². The van der Waals surface area contributed by atoms with E-state index >= 15 is 0 Å². The molecule has 2 rings (SSSR count). The average molecular weight is 297 g/mol. The fourth-order valence-corrected chi connectivity index (χ4v) is 2.34. The van der Waals surface area contributed by atoms with Gasteiger partial charge in [0, 0.05) is 13.0 Å². The van der Waals surface area contributed by atoms with Crippen LogP contribution in [0.15, 0.2) is 18.2 Å². The zero-order valence-electron chi connectivity index (χ0n) is 10.6. The molecule has 0 bridgehead atoms. The molecule has 1 aliphatic rings. The van der Waals surface area contributed by atoms with Gasteiger partial charge in [0.15, 0.2) is 0 Å². The second-order valence-electron chi connectivity index (χ2n) is 4.43. The van der Waals surface area contributed by atoms with Gasteiger partial charge in [0.05, 0.1) is 17.3 Å². The Morgan fingerprint density at radius 1 is 1.40 bits per heavy atom. The molecule has 0 saturated carbocycles. The van der Waals surface area contributed by atoms with Crippen LogP contribution in [0.2, 0.25) is 5.02 Å². The molecule has 6 nitrogen and oxygen atoms in total. The molecule has 2 N–H and O–H groups in total. The van der Waals surface area contributed by atoms with Crippen LogP contribution in [0.25, 0.3) is 0 Å². The van der Waals surface area contributed by atoms with Gasteiger partial charge in [-0.15, -0.1) is 0 Å². The number of carbonyl (C=O) groups is 3. The van der Waals surface area contributed by atoms with Crippen LogP contribution >= 0.6 is 11.6 Å². The fourth-order valence-electron chi connectivity index (χ4n) is 2.08. The highest BCUT2D eigenvalue weighted by molar-refractivity contribution is 6.34. The molecule has 2 amide bonds. The number of nitrogens with zero attached hydrogens (tertiary/aromatic N) is 1. The van der Waals surface area contributed by atoms with E-state index in [4.69, 9.17) is 16.7 Å². The summed E-state index contributed by atoms with van der Waals surface area (Å²) >= 11 is 5.80. The molecule has 0 aromatic heterocycles. The van der Waals surface area contributed by atoms with Gasteiger partial charge in [-0.05, 0) is 18.6 Å². The minimum absolute atomic E-state index is 0.0487. The number of hydrogen-bond donors (Lipinski definition) is 2. The van der Waals surface area contributed by atoms with Gasteiger partial charge in [0.2, 0.25) is 11.8 Å². The first-order chi connectivity index (χ1) is 9.49. The van der Waals surface area contributed by atoms with Crippen molar-refractivity contribution < 1.29 is 19.5 Å². The molecule has 0 atom stereocenters. The Morgan fingerprint density at radius 2 is 2.15 bits per heavy atom. The molecule has 1 heterocycles. The molecule has 106 valence electrons. The maximum Gasteiger partial charge on any atom is 0.339 e. The minimum Gasteiger partial charge on any atom is -0.478 e. The predicted molar refractivity (Wildman–Crippen MR) is 72.9 cm³/mol. The molecule has 0 unspecified atom stereocenters. The summed E-state index contributed by atoms with van der Waals surface area (Å²) in [6.45, 7) is 0.470. The summed E-state index contributed by atoms with van der Waals surface area (Å²) in [6, 6.07) is 4.44. The van der Waals surface area contributed by atoms with Crippen molar-refractivity contribution in [2.24, 2.45) is 0 Å². The normalized spacial score (nSPS) is 14.4. The standard InChI is InChI=1S/C13H13ClN2O4/c14-8-3-1-4-9(12(8)13(19)20)15-10(17)7-16-6-2-5-11(16)18/h1,3-4H,2,5-7H2,(H,15,17)(H,19,20). The summed E-state index contributed by atoms with van der Waals surface area (Å²) in [5.41, 5.74) is -0.0306. The van der Waals surface area contributed by atoms with E-state index in [1.54, 1.807) is 6.07 Å². The van der Waals surface area contributed by atoms with Gasteiger partial charge >= 0.3 is 5.97 Å². The zero-order chi connectivity index (χ0) is 14.7. The van der Waals surface area contributed by atoms with Crippen molar-refractivity contribution in [3.05, 3.63) is 28.8 Å². The van der Waals surface area contributed by atoms with Crippen LogP contribution in [0.1, 0.15) is 23.2 Å². The summed E-state index contributed by atoms with van der Waals surface area (Å²) in [6.07, 6.45) is 1.19. The number of rotatable bonds is 4. The molecular formula is C13H13ClN2O4. The van der Waals surface area contributed by atoms with E-state index in [1.807, 2.05) is 0 Å². The lowest BCUT2D eigenvalue weighted by Gasteiger charge is -2.16. The van der Waals surface area contributed by atoms with Crippen molar-refractivity contribution in [1.82, 2.24) is 4.90 Å². The highest BCUT2D eigenvalue weighted by Crippen LogP contribution is 2.24. The lowest BCUT2D eigenvalue weighted by molar-refractivity contribution is -0.131. The molecular weight excluding hydrogens is 284 g/mol. The topological polar surface area (TPSA) is 86.7 Å². The number of benzene rings is 1. The molecule has 0 radical (unpaired) electrons. The van der Waals surface area contributed by atoms with E-state index < -0.39 is 11.9 Å². The third kappa shape index (κ3) is 3.08. The summed E-state index contributed by atoms with van der Waals surface area (Å²) in [4.78, 5) is 35.8. The SMILES string of the molecule is O=C(CN1CCCC1=O)Nc1cccc(Cl)c1C(=O)O. The van der Waals surface area contributed by atoms with Crippen LogP contribution < -0.4 is 5.32 Å². The largest absolute Gasteiger partial charge is 0.478 e. The zero-order valence-corrected chi connectivity index (χ0v) is 11.3. The number of anilines is 1. The fraction of sp³-hybridized carbons (Fsp3) is 0.308. The first-order valence-electron chi connectivity index (χ1n) is 6.08. The third-order valence-corrected chi connectivity index (χ3v) is 3.32. The molecule has 1 saturated heterocycles. The van der Waals surface area contributed by atoms with Crippen molar-refractivity contribution in [2.45, 2.75) is 12.8 Å². The molecule has 1 fully saturated rings. The van der Waals surface area contributed by atoms with E-state index in [0.717, 1.165) is 6.42 Å². The molecule has 0 spiro atoms. The van der Waals surface area contributed by atoms with E-state index in [9.17, 15) is 14.4 Å². The summed E-state index contributed by atoms with van der Waals surface area (Å²) < 4.78 is 0. The Kier molecular flexibility index (Phi) is 4.24. The van der Waals surface area contributed by atoms with E-state index in [-0.39, 0.29) is 28.7 Å². The van der Waals surface area contributed by atoms with Gasteiger partial charge in [-0.3, -0.25) is 9.59 Å². The van der Waals surface area contributed by atoms with Crippen molar-refractivity contribution in [1.29, 1.82) is 0 Å². The molecule has 0 aliphatic carbocycles. The second kappa shape index (κ2) is 5.92. The number of likely N-dealkylation sites (tertiary alicyclic amines) is 1. The third-order valence-electron chi connectivity index (χ3n) is 3.01. The van der Waals surface area contributed by atoms with Crippen molar-refractivity contribution >= 4 is 35.1 Å². The number of amides is 2. The number of carbonyl (C=O) groups excluding carboxylic acids is 2. The van der Waals surface area contributed by atoms with Crippen LogP contribution in [0.5, 0.6) is 0 Å². The quantitative estimate of drug-likeness (QED) is 0.883. The number of carboxylic acids is 1. The lowest BCUT2D eigenvalue weighted by atomic mass is 10.1. The maximum atomic E-state index is 11.9. The minimum atomic E-state index is -1.22. The maximum absolute atomic E-state index is 11.9. The van der Waals surface area contributed by atoms with Gasteiger partial charge in [0.25, 0.3) is 0 Å². The van der Waals surface area contributed by atoms with Crippen LogP contribution in [-0.2, 0) is 9.59 Å². The smallest absolute Gasteiger partial charge is 0.339 e. The van der Waals surface area contributed by atoms with E-state index in [1.165, 1.54) is 17.0 Å². The van der Waals surface area contributed by atoms with Gasteiger partial charge in [0.1, 0.15) is 5.56 Å². The van der Waals surface area contributed by atoms with Crippen LogP contribution in [-0.4, -0.2) is 40.9 Å². The highest BCUT2D eigenvalue weighted by atomic mass is 35.5. The first-order valence-corrected chi connectivity index (χ1v) is 6.46. The van der Waals surface area contributed by atoms with Crippen molar-refractivity contribution in [2.75, 3.05) is 18.4 Å². The van der Waals surface area contributed by atoms with Crippen LogP contribution in [0, 0.1) is 0 Å². The molecule has 1 aromatic rings. The number of nitrogens with one attached hydrogen (secondary N) is 1. The Balaban J connectivity index is 2.10. The number of hydrogen-bond acceptors (Lipinski definition) is 3. The van der Waals surface area contributed by atoms with E-state index in [0.29, 0.717) is 13.0 Å². The number of halogens is 1. The Bertz CT molecular complexity index is 573. The number of carboxylic acid groups (broad SMARTS) is 1. The van der Waals surface area contributed by atoms with E-state index in [2.05, 4.69) is 5.32 Å². The molecule has 7 heteroatoms. The Labute approximate surface area is 120 Å². The second-order valence-corrected chi connectivity index (χ2v) is 4.84. The van der Waals surface area contributed by atoms with Gasteiger partial charge in [-0.2, -0.15) is 0 Å². The monoisotopic (exact) mass is 296 g/mol. The van der Waals surface area contributed by atoms with Crippen LogP contribution in [0.3, 0.4) is 0 Å². The lowest BCUT2D eigenvalue weighted by Crippen LogP contribution is -2.34. The molecule has 20 heavy (non-hydrogen) atoms. The summed E-state index contributed by atoms with van der Waals surface area (Å²) in [5, 5.41) is 11.6. The van der Waals surface area contributed by atoms with Gasteiger partial charge in [-0.25, -0.2) is 4.79 Å². The molecule has 1 aliphatic heterocycles. The highest BCUT2D eigenvalue weighted by Gasteiger charge is 2.23. The average Bonchev–Trinajstić information content (AvgIpc) is 2.74. The summed E-state index contributed by atoms with van der Waals surface area (Å²) in [5.74, 6) is -1.72. The number of aromatic carboxylic acids is 1. The Morgan fingerprint density at radius 3 is 2.75 bits per heavy atom. The first kappa shape index (κ1) is 14.3. The van der Waals surface area contributed by atoms with Crippen molar-refractivity contribution in [3.8, 4) is 0 Å². The van der Waals surface area contributed by atoms with Gasteiger partial charge in [-0.1, -0.05) is 17.7 Å².